The molecule has 120 valence electrons. The topological polar surface area (TPSA) is 70.5 Å². The lowest BCUT2D eigenvalue weighted by atomic mass is 10.1. The number of carboxylic acids is 1. The second-order valence-electron chi connectivity index (χ2n) is 5.73. The lowest BCUT2D eigenvalue weighted by Crippen LogP contribution is -2.27. The largest absolute Gasteiger partial charge is 0.478 e. The van der Waals surface area contributed by atoms with E-state index in [1.165, 1.54) is 12.1 Å². The molecule has 0 aliphatic heterocycles. The monoisotopic (exact) mass is 312 g/mol. The molecule has 1 aromatic heterocycles. The van der Waals surface area contributed by atoms with Crippen LogP contribution in [0.2, 0.25) is 0 Å². The first-order valence-corrected chi connectivity index (χ1v) is 7.32. The molecule has 0 fully saturated rings. The minimum Gasteiger partial charge on any atom is -0.478 e. The minimum absolute atomic E-state index is 0.110. The van der Waals surface area contributed by atoms with Crippen LogP contribution in [0.1, 0.15) is 43.2 Å². The zero-order valence-corrected chi connectivity index (χ0v) is 13.8. The van der Waals surface area contributed by atoms with Crippen LogP contribution >= 0.6 is 0 Å². The predicted octanol–water partition coefficient (Wildman–Crippen LogP) is 2.98. The fourth-order valence-electron chi connectivity index (χ4n) is 2.40. The summed E-state index contributed by atoms with van der Waals surface area (Å²) in [5.41, 5.74) is 4.05. The van der Waals surface area contributed by atoms with Crippen molar-refractivity contribution in [1.29, 1.82) is 0 Å². The Kier molecular flexibility index (Phi) is 4.79. The fourth-order valence-corrected chi connectivity index (χ4v) is 2.40. The molecule has 0 unspecified atom stereocenters. The molecule has 0 saturated carbocycles. The smallest absolute Gasteiger partial charge is 0.337 e. The Morgan fingerprint density at radius 1 is 1.13 bits per heavy atom. The van der Waals surface area contributed by atoms with Gasteiger partial charge in [0.25, 0.3) is 5.91 Å². The van der Waals surface area contributed by atoms with E-state index in [1.807, 2.05) is 26.0 Å². The first kappa shape index (κ1) is 16.7. The molecule has 1 aromatic carbocycles. The number of aromatic carboxylic acids is 1. The summed E-state index contributed by atoms with van der Waals surface area (Å²) in [4.78, 5) is 29.2. The summed E-state index contributed by atoms with van der Waals surface area (Å²) in [5, 5.41) is 9.02. The second-order valence-corrected chi connectivity index (χ2v) is 5.73. The van der Waals surface area contributed by atoms with Crippen LogP contribution in [0.15, 0.2) is 30.3 Å². The maximum atomic E-state index is 12.5. The normalized spacial score (nSPS) is 10.4. The molecule has 0 aliphatic rings. The van der Waals surface area contributed by atoms with Crippen molar-refractivity contribution in [2.24, 2.45) is 0 Å². The summed E-state index contributed by atoms with van der Waals surface area (Å²) < 4.78 is 0. The van der Waals surface area contributed by atoms with Gasteiger partial charge < -0.3 is 10.0 Å². The summed E-state index contributed by atoms with van der Waals surface area (Å²) in [6, 6.07) is 9.01. The van der Waals surface area contributed by atoms with E-state index in [-0.39, 0.29) is 17.2 Å². The van der Waals surface area contributed by atoms with Crippen molar-refractivity contribution >= 4 is 11.9 Å². The summed E-state index contributed by atoms with van der Waals surface area (Å²) in [6.45, 7) is 6.09. The molecule has 0 spiro atoms. The molecule has 0 aliphatic carbocycles. The molecule has 0 radical (unpaired) electrons. The number of carbonyl (C=O) groups excluding carboxylic acids is 1. The molecule has 2 rings (SSSR count). The molecule has 5 nitrogen and oxygen atoms in total. The van der Waals surface area contributed by atoms with E-state index in [0.717, 1.165) is 16.7 Å². The quantitative estimate of drug-likeness (QED) is 0.942. The Balaban J connectivity index is 2.21. The lowest BCUT2D eigenvalue weighted by Gasteiger charge is -2.19. The second kappa shape index (κ2) is 6.60. The first-order chi connectivity index (χ1) is 10.8. The molecule has 23 heavy (non-hydrogen) atoms. The van der Waals surface area contributed by atoms with Gasteiger partial charge in [0.2, 0.25) is 0 Å². The van der Waals surface area contributed by atoms with Crippen LogP contribution in [-0.4, -0.2) is 33.9 Å². The third-order valence-corrected chi connectivity index (χ3v) is 3.79. The Labute approximate surface area is 135 Å². The van der Waals surface area contributed by atoms with Crippen molar-refractivity contribution in [2.75, 3.05) is 7.05 Å². The van der Waals surface area contributed by atoms with Crippen LogP contribution in [0.3, 0.4) is 0 Å². The number of carbonyl (C=O) groups is 2. The number of benzene rings is 1. The number of hydrogen-bond acceptors (Lipinski definition) is 3. The highest BCUT2D eigenvalue weighted by Gasteiger charge is 2.17. The van der Waals surface area contributed by atoms with Gasteiger partial charge in [0, 0.05) is 13.6 Å². The summed E-state index contributed by atoms with van der Waals surface area (Å²) in [6.07, 6.45) is 0. The Morgan fingerprint density at radius 3 is 2.43 bits per heavy atom. The Hall–Kier alpha value is -2.69. The van der Waals surface area contributed by atoms with E-state index in [1.54, 1.807) is 18.9 Å². The van der Waals surface area contributed by atoms with Gasteiger partial charge in [-0.25, -0.2) is 9.78 Å². The number of nitrogens with zero attached hydrogens (tertiary/aromatic N) is 2. The van der Waals surface area contributed by atoms with Gasteiger partial charge in [-0.2, -0.15) is 0 Å². The zero-order chi connectivity index (χ0) is 17.1. The van der Waals surface area contributed by atoms with Crippen molar-refractivity contribution in [3.8, 4) is 0 Å². The summed E-state index contributed by atoms with van der Waals surface area (Å²) >= 11 is 0. The molecule has 5 heteroatoms. The summed E-state index contributed by atoms with van der Waals surface area (Å²) in [5.74, 6) is -1.27. The molecule has 0 bridgehead atoms. The standard InChI is InChI=1S/C18H20N2O3/c1-11-5-6-12(2)14(9-11)10-20(4)17(21)16-8-7-15(18(22)23)13(3)19-16/h5-9H,10H2,1-4H3,(H,22,23). The van der Waals surface area contributed by atoms with Crippen molar-refractivity contribution in [3.05, 3.63) is 64.0 Å². The van der Waals surface area contributed by atoms with Gasteiger partial charge in [-0.1, -0.05) is 23.8 Å². The molecule has 0 atom stereocenters. The van der Waals surface area contributed by atoms with Gasteiger partial charge >= 0.3 is 5.97 Å². The predicted molar refractivity (Wildman–Crippen MR) is 87.6 cm³/mol. The summed E-state index contributed by atoms with van der Waals surface area (Å²) in [7, 11) is 1.71. The molecular weight excluding hydrogens is 292 g/mol. The van der Waals surface area contributed by atoms with Gasteiger partial charge in [0.1, 0.15) is 5.69 Å². The molecule has 1 amide bonds. The van der Waals surface area contributed by atoms with Crippen LogP contribution in [0.25, 0.3) is 0 Å². The van der Waals surface area contributed by atoms with Gasteiger partial charge in [0.15, 0.2) is 0 Å². The average molecular weight is 312 g/mol. The van der Waals surface area contributed by atoms with Crippen molar-refractivity contribution in [2.45, 2.75) is 27.3 Å². The van der Waals surface area contributed by atoms with E-state index in [2.05, 4.69) is 11.1 Å². The van der Waals surface area contributed by atoms with E-state index in [4.69, 9.17) is 5.11 Å². The molecule has 0 saturated heterocycles. The number of aryl methyl sites for hydroxylation is 3. The maximum Gasteiger partial charge on any atom is 0.337 e. The molecule has 2 aromatic rings. The minimum atomic E-state index is -1.04. The van der Waals surface area contributed by atoms with Gasteiger partial charge in [0.05, 0.1) is 11.3 Å². The SMILES string of the molecule is Cc1ccc(C)c(CN(C)C(=O)c2ccc(C(=O)O)c(C)n2)c1. The van der Waals surface area contributed by atoms with Crippen molar-refractivity contribution in [3.63, 3.8) is 0 Å². The third kappa shape index (κ3) is 3.74. The lowest BCUT2D eigenvalue weighted by molar-refractivity contribution is 0.0693. The average Bonchev–Trinajstić information content (AvgIpc) is 2.49. The van der Waals surface area contributed by atoms with E-state index in [0.29, 0.717) is 12.2 Å². The highest BCUT2D eigenvalue weighted by molar-refractivity contribution is 5.94. The van der Waals surface area contributed by atoms with E-state index in [9.17, 15) is 9.59 Å². The number of hydrogen-bond donors (Lipinski definition) is 1. The first-order valence-electron chi connectivity index (χ1n) is 7.32. The van der Waals surface area contributed by atoms with Gasteiger partial charge in [-0.15, -0.1) is 0 Å². The number of amides is 1. The molecule has 1 N–H and O–H groups in total. The van der Waals surface area contributed by atoms with E-state index < -0.39 is 5.97 Å². The Morgan fingerprint density at radius 2 is 1.83 bits per heavy atom. The van der Waals surface area contributed by atoms with Crippen LogP contribution in [0.4, 0.5) is 0 Å². The van der Waals surface area contributed by atoms with Crippen LogP contribution < -0.4 is 0 Å². The Bertz CT molecular complexity index is 769. The third-order valence-electron chi connectivity index (χ3n) is 3.79. The maximum absolute atomic E-state index is 12.5. The number of carboxylic acid groups (broad SMARTS) is 1. The highest BCUT2D eigenvalue weighted by atomic mass is 16.4. The number of pyridine rings is 1. The molecular formula is C18H20N2O3. The number of rotatable bonds is 4. The van der Waals surface area contributed by atoms with Crippen molar-refractivity contribution in [1.82, 2.24) is 9.88 Å². The van der Waals surface area contributed by atoms with Crippen LogP contribution in [0, 0.1) is 20.8 Å². The van der Waals surface area contributed by atoms with Crippen molar-refractivity contribution < 1.29 is 14.7 Å². The van der Waals surface area contributed by atoms with Gasteiger partial charge in [-0.05, 0) is 44.0 Å². The van der Waals surface area contributed by atoms with E-state index >= 15 is 0 Å². The zero-order valence-electron chi connectivity index (χ0n) is 13.8. The number of aromatic nitrogens is 1. The fraction of sp³-hybridized carbons (Fsp3) is 0.278. The van der Waals surface area contributed by atoms with Crippen LogP contribution in [-0.2, 0) is 6.54 Å². The molecule has 1 heterocycles. The van der Waals surface area contributed by atoms with Gasteiger partial charge in [-0.3, -0.25) is 4.79 Å². The van der Waals surface area contributed by atoms with Crippen LogP contribution in [0.5, 0.6) is 0 Å². The highest BCUT2D eigenvalue weighted by Crippen LogP contribution is 2.15.